The van der Waals surface area contributed by atoms with Crippen LogP contribution in [0.25, 0.3) is 11.1 Å². The molecule has 3 N–H and O–H groups in total. The molecule has 3 rings (SSSR count). The van der Waals surface area contributed by atoms with Gasteiger partial charge in [-0.05, 0) is 43.0 Å². The second kappa shape index (κ2) is 6.29. The van der Waals surface area contributed by atoms with Crippen molar-refractivity contribution in [2.75, 3.05) is 23.7 Å². The Hall–Kier alpha value is -3.32. The van der Waals surface area contributed by atoms with Crippen LogP contribution in [0.3, 0.4) is 0 Å². The minimum Gasteiger partial charge on any atom is -0.384 e. The number of aromatic amines is 1. The normalized spacial score (nSPS) is 13.5. The fourth-order valence-corrected chi connectivity index (χ4v) is 3.25. The quantitative estimate of drug-likeness (QED) is 0.874. The predicted molar refractivity (Wildman–Crippen MR) is 92.5 cm³/mol. The summed E-state index contributed by atoms with van der Waals surface area (Å²) in [6.07, 6.45) is 2.03. The summed E-state index contributed by atoms with van der Waals surface area (Å²) < 4.78 is 14.7. The molecule has 0 amide bonds. The molecule has 126 valence electrons. The molecule has 1 fully saturated rings. The molecule has 0 aliphatic carbocycles. The lowest BCUT2D eigenvalue weighted by molar-refractivity contribution is 0.623. The lowest BCUT2D eigenvalue weighted by atomic mass is 9.92. The Kier molecular flexibility index (Phi) is 4.16. The molecule has 2 aromatic rings. The highest BCUT2D eigenvalue weighted by Crippen LogP contribution is 2.35. The van der Waals surface area contributed by atoms with E-state index in [1.165, 1.54) is 6.07 Å². The summed E-state index contributed by atoms with van der Waals surface area (Å²) in [5, 5.41) is 18.7. The molecular formula is C18H16FN5O. The Labute approximate surface area is 143 Å². The smallest absolute Gasteiger partial charge is 0.268 e. The monoisotopic (exact) mass is 337 g/mol. The predicted octanol–water partition coefficient (Wildman–Crippen LogP) is 2.42. The van der Waals surface area contributed by atoms with Crippen LogP contribution in [0.2, 0.25) is 0 Å². The van der Waals surface area contributed by atoms with Gasteiger partial charge in [-0.3, -0.25) is 4.79 Å². The number of H-pyrrole nitrogens is 1. The van der Waals surface area contributed by atoms with Crippen molar-refractivity contribution in [1.82, 2.24) is 4.98 Å². The van der Waals surface area contributed by atoms with E-state index in [4.69, 9.17) is 5.73 Å². The molecule has 7 heteroatoms. The number of aryl methyl sites for hydroxylation is 1. The van der Waals surface area contributed by atoms with Crippen LogP contribution in [0.15, 0.2) is 16.9 Å². The summed E-state index contributed by atoms with van der Waals surface area (Å²) in [5.41, 5.74) is 6.31. The summed E-state index contributed by atoms with van der Waals surface area (Å²) in [7, 11) is 0. The number of nitriles is 2. The second-order valence-corrected chi connectivity index (χ2v) is 6.03. The molecule has 2 heterocycles. The van der Waals surface area contributed by atoms with Gasteiger partial charge < -0.3 is 15.6 Å². The van der Waals surface area contributed by atoms with Crippen molar-refractivity contribution in [2.24, 2.45) is 0 Å². The first kappa shape index (κ1) is 16.5. The molecule has 0 unspecified atom stereocenters. The van der Waals surface area contributed by atoms with Crippen molar-refractivity contribution < 1.29 is 4.39 Å². The average Bonchev–Trinajstić information content (AvgIpc) is 3.10. The highest BCUT2D eigenvalue weighted by atomic mass is 19.1. The number of aromatic nitrogens is 1. The molecule has 25 heavy (non-hydrogen) atoms. The van der Waals surface area contributed by atoms with E-state index >= 15 is 0 Å². The average molecular weight is 337 g/mol. The fraction of sp³-hybridized carbons (Fsp3) is 0.278. The summed E-state index contributed by atoms with van der Waals surface area (Å²) >= 11 is 0. The number of halogens is 1. The van der Waals surface area contributed by atoms with Gasteiger partial charge in [0, 0.05) is 18.7 Å². The standard InChI is InChI=1S/C18H16FN5O/c1-10-6-15(24-4-2-3-5-24)14(19)7-11(10)16-12(8-20)17(22)23-18(25)13(16)9-21/h6-7H,2-5H2,1H3,(H3,22,23,25). The third-order valence-electron chi connectivity index (χ3n) is 4.48. The number of rotatable bonds is 2. The lowest BCUT2D eigenvalue weighted by Gasteiger charge is -2.21. The van der Waals surface area contributed by atoms with Crippen molar-refractivity contribution in [3.63, 3.8) is 0 Å². The van der Waals surface area contributed by atoms with Gasteiger partial charge in [-0.25, -0.2) is 4.39 Å². The first-order valence-corrected chi connectivity index (χ1v) is 7.89. The summed E-state index contributed by atoms with van der Waals surface area (Å²) in [6, 6.07) is 6.67. The number of hydrogen-bond acceptors (Lipinski definition) is 5. The molecule has 1 saturated heterocycles. The Balaban J connectivity index is 2.28. The minimum absolute atomic E-state index is 0.0347. The number of benzene rings is 1. The van der Waals surface area contributed by atoms with Gasteiger partial charge in [-0.15, -0.1) is 0 Å². The summed E-state index contributed by atoms with van der Waals surface area (Å²) in [6.45, 7) is 3.34. The van der Waals surface area contributed by atoms with Crippen LogP contribution in [0.1, 0.15) is 29.5 Å². The zero-order valence-corrected chi connectivity index (χ0v) is 13.7. The van der Waals surface area contributed by atoms with Crippen LogP contribution in [-0.2, 0) is 0 Å². The van der Waals surface area contributed by atoms with E-state index in [2.05, 4.69) is 4.98 Å². The van der Waals surface area contributed by atoms with Gasteiger partial charge in [-0.1, -0.05) is 0 Å². The molecule has 1 aliphatic heterocycles. The third-order valence-corrected chi connectivity index (χ3v) is 4.48. The van der Waals surface area contributed by atoms with E-state index in [1.54, 1.807) is 19.1 Å². The van der Waals surface area contributed by atoms with E-state index in [-0.39, 0.29) is 22.5 Å². The Bertz CT molecular complexity index is 990. The molecule has 1 aromatic heterocycles. The number of nitrogens with two attached hydrogens (primary N) is 1. The maximum absolute atomic E-state index is 14.7. The summed E-state index contributed by atoms with van der Waals surface area (Å²) in [5.74, 6) is -0.584. The van der Waals surface area contributed by atoms with Crippen LogP contribution in [0, 0.1) is 35.4 Å². The van der Waals surface area contributed by atoms with Gasteiger partial charge >= 0.3 is 0 Å². The van der Waals surface area contributed by atoms with Crippen molar-refractivity contribution in [2.45, 2.75) is 19.8 Å². The lowest BCUT2D eigenvalue weighted by Crippen LogP contribution is -2.20. The summed E-state index contributed by atoms with van der Waals surface area (Å²) in [4.78, 5) is 16.3. The van der Waals surface area contributed by atoms with Crippen LogP contribution in [0.4, 0.5) is 15.9 Å². The van der Waals surface area contributed by atoms with Crippen molar-refractivity contribution >= 4 is 11.5 Å². The Morgan fingerprint density at radius 3 is 2.44 bits per heavy atom. The number of nitrogen functional groups attached to an aromatic ring is 1. The number of pyridine rings is 1. The first-order valence-electron chi connectivity index (χ1n) is 7.89. The van der Waals surface area contributed by atoms with E-state index in [9.17, 15) is 19.7 Å². The number of anilines is 2. The molecule has 0 saturated carbocycles. The fourth-order valence-electron chi connectivity index (χ4n) is 3.25. The van der Waals surface area contributed by atoms with Gasteiger partial charge in [0.05, 0.1) is 5.69 Å². The van der Waals surface area contributed by atoms with Crippen LogP contribution in [-0.4, -0.2) is 18.1 Å². The molecular weight excluding hydrogens is 321 g/mol. The van der Waals surface area contributed by atoms with Gasteiger partial charge in [0.15, 0.2) is 0 Å². The van der Waals surface area contributed by atoms with Gasteiger partial charge in [0.2, 0.25) is 0 Å². The second-order valence-electron chi connectivity index (χ2n) is 6.03. The molecule has 0 radical (unpaired) electrons. The zero-order valence-electron chi connectivity index (χ0n) is 13.7. The molecule has 1 aliphatic rings. The van der Waals surface area contributed by atoms with Crippen molar-refractivity contribution in [3.8, 4) is 23.3 Å². The number of hydrogen-bond donors (Lipinski definition) is 2. The molecule has 0 spiro atoms. The van der Waals surface area contributed by atoms with E-state index in [1.807, 2.05) is 11.0 Å². The van der Waals surface area contributed by atoms with Gasteiger partial charge in [-0.2, -0.15) is 10.5 Å². The van der Waals surface area contributed by atoms with Crippen molar-refractivity contribution in [1.29, 1.82) is 10.5 Å². The van der Waals surface area contributed by atoms with Crippen LogP contribution in [0.5, 0.6) is 0 Å². The highest BCUT2D eigenvalue weighted by molar-refractivity contribution is 5.83. The third kappa shape index (κ3) is 2.70. The van der Waals surface area contributed by atoms with Crippen molar-refractivity contribution in [3.05, 3.63) is 45.0 Å². The van der Waals surface area contributed by atoms with Crippen LogP contribution < -0.4 is 16.2 Å². The molecule has 0 atom stereocenters. The van der Waals surface area contributed by atoms with Crippen LogP contribution >= 0.6 is 0 Å². The Morgan fingerprint density at radius 2 is 1.84 bits per heavy atom. The van der Waals surface area contributed by atoms with Gasteiger partial charge in [0.1, 0.15) is 34.9 Å². The number of nitrogens with one attached hydrogen (secondary N) is 1. The highest BCUT2D eigenvalue weighted by Gasteiger charge is 2.23. The zero-order chi connectivity index (χ0) is 18.1. The maximum atomic E-state index is 14.7. The largest absolute Gasteiger partial charge is 0.384 e. The SMILES string of the molecule is Cc1cc(N2CCCC2)c(F)cc1-c1c(C#N)c(N)[nH]c(=O)c1C#N. The molecule has 6 nitrogen and oxygen atoms in total. The van der Waals surface area contributed by atoms with Gasteiger partial charge in [0.25, 0.3) is 5.56 Å². The Morgan fingerprint density at radius 1 is 1.20 bits per heavy atom. The first-order chi connectivity index (χ1) is 12.0. The van der Waals surface area contributed by atoms with E-state index < -0.39 is 11.4 Å². The topological polar surface area (TPSA) is 110 Å². The minimum atomic E-state index is -0.697. The maximum Gasteiger partial charge on any atom is 0.268 e. The van der Waals surface area contributed by atoms with E-state index in [0.29, 0.717) is 16.8 Å². The van der Waals surface area contributed by atoms with E-state index in [0.717, 1.165) is 25.9 Å². The molecule has 1 aromatic carbocycles. The molecule has 0 bridgehead atoms. The number of nitrogens with zero attached hydrogens (tertiary/aromatic N) is 3.